The molecule has 3 rings (SSSR count). The van der Waals surface area contributed by atoms with Crippen molar-refractivity contribution < 1.29 is 23.9 Å². The lowest BCUT2D eigenvalue weighted by molar-refractivity contribution is -0.134. The average Bonchev–Trinajstić information content (AvgIpc) is 2.84. The molecule has 0 radical (unpaired) electrons. The molecule has 1 aliphatic rings. The van der Waals surface area contributed by atoms with Gasteiger partial charge < -0.3 is 15.2 Å². The topological polar surface area (TPSA) is 98.9 Å². The number of anilines is 1. The van der Waals surface area contributed by atoms with Crippen LogP contribution in [0.3, 0.4) is 0 Å². The van der Waals surface area contributed by atoms with Gasteiger partial charge in [-0.25, -0.2) is 0 Å². The van der Waals surface area contributed by atoms with Gasteiger partial charge in [0.25, 0.3) is 11.8 Å². The van der Waals surface area contributed by atoms with E-state index in [9.17, 15) is 14.4 Å². The van der Waals surface area contributed by atoms with Crippen molar-refractivity contribution in [3.05, 3.63) is 53.1 Å². The Kier molecular flexibility index (Phi) is 4.62. The van der Waals surface area contributed by atoms with Gasteiger partial charge in [-0.3, -0.25) is 19.3 Å². The number of esters is 1. The third kappa shape index (κ3) is 3.23. The summed E-state index contributed by atoms with van der Waals surface area (Å²) in [6, 6.07) is 9.65. The van der Waals surface area contributed by atoms with Crippen molar-refractivity contribution in [1.29, 1.82) is 0 Å². The summed E-state index contributed by atoms with van der Waals surface area (Å²) in [7, 11) is 2.95. The van der Waals surface area contributed by atoms with Crippen LogP contribution in [0, 0.1) is 0 Å². The van der Waals surface area contributed by atoms with Crippen LogP contribution in [0.5, 0.6) is 11.5 Å². The molecule has 2 aromatic rings. The number of amides is 2. The zero-order chi connectivity index (χ0) is 18.8. The number of hydrogen-bond acceptors (Lipinski definition) is 6. The second kappa shape index (κ2) is 6.87. The third-order valence-electron chi connectivity index (χ3n) is 4.20. The second-order valence-electron chi connectivity index (χ2n) is 5.92. The van der Waals surface area contributed by atoms with E-state index in [-0.39, 0.29) is 23.6 Å². The van der Waals surface area contributed by atoms with Crippen molar-refractivity contribution in [2.45, 2.75) is 12.8 Å². The summed E-state index contributed by atoms with van der Waals surface area (Å²) in [5.74, 6) is -0.376. The van der Waals surface area contributed by atoms with Crippen molar-refractivity contribution in [2.24, 2.45) is 0 Å². The van der Waals surface area contributed by atoms with E-state index in [0.717, 1.165) is 10.5 Å². The Labute approximate surface area is 150 Å². The van der Waals surface area contributed by atoms with Crippen LogP contribution in [0.4, 0.5) is 5.69 Å². The van der Waals surface area contributed by atoms with Gasteiger partial charge >= 0.3 is 5.97 Å². The number of hydrogen-bond donors (Lipinski definition) is 1. The number of ether oxygens (including phenoxy) is 2. The third-order valence-corrected chi connectivity index (χ3v) is 4.20. The first-order chi connectivity index (χ1) is 12.4. The minimum Gasteiger partial charge on any atom is -0.496 e. The van der Waals surface area contributed by atoms with Crippen molar-refractivity contribution in [1.82, 2.24) is 4.90 Å². The van der Waals surface area contributed by atoms with Crippen molar-refractivity contribution in [3.63, 3.8) is 0 Å². The molecule has 0 bridgehead atoms. The number of methoxy groups -OCH3 is 1. The van der Waals surface area contributed by atoms with E-state index in [0.29, 0.717) is 23.4 Å². The van der Waals surface area contributed by atoms with Crippen LogP contribution in [0.15, 0.2) is 36.4 Å². The van der Waals surface area contributed by atoms with Gasteiger partial charge in [-0.05, 0) is 36.2 Å². The maximum absolute atomic E-state index is 12.1. The predicted molar refractivity (Wildman–Crippen MR) is 94.2 cm³/mol. The molecule has 0 aliphatic carbocycles. The molecule has 2 N–H and O–H groups in total. The average molecular weight is 354 g/mol. The molecule has 7 heteroatoms. The fourth-order valence-electron chi connectivity index (χ4n) is 2.79. The van der Waals surface area contributed by atoms with Crippen molar-refractivity contribution in [3.8, 4) is 11.5 Å². The number of carbonyl (C=O) groups is 3. The smallest absolute Gasteiger partial charge is 0.311 e. The number of nitrogens with zero attached hydrogens (tertiary/aromatic N) is 1. The zero-order valence-electron chi connectivity index (χ0n) is 14.4. The van der Waals surface area contributed by atoms with Crippen LogP contribution in [-0.2, 0) is 11.2 Å². The maximum atomic E-state index is 12.1. The van der Waals surface area contributed by atoms with Crippen LogP contribution in [-0.4, -0.2) is 36.8 Å². The maximum Gasteiger partial charge on any atom is 0.311 e. The summed E-state index contributed by atoms with van der Waals surface area (Å²) in [5.41, 5.74) is 7.68. The minimum absolute atomic E-state index is 0.129. The van der Waals surface area contributed by atoms with E-state index in [4.69, 9.17) is 15.2 Å². The summed E-state index contributed by atoms with van der Waals surface area (Å²) >= 11 is 0. The van der Waals surface area contributed by atoms with E-state index >= 15 is 0 Å². The minimum atomic E-state index is -0.450. The molecule has 1 aliphatic heterocycles. The molecule has 2 amide bonds. The first-order valence-electron chi connectivity index (χ1n) is 8.00. The Balaban J connectivity index is 1.67. The number of nitrogens with two attached hydrogens (primary N) is 1. The van der Waals surface area contributed by atoms with E-state index in [1.165, 1.54) is 32.4 Å². The highest BCUT2D eigenvalue weighted by atomic mass is 16.5. The SMILES string of the molecule is COc1cc(N)ccc1CCC(=O)Oc1ccc2c(c1)C(=O)N(C)C2=O. The quantitative estimate of drug-likeness (QED) is 0.382. The van der Waals surface area contributed by atoms with E-state index in [1.807, 2.05) is 0 Å². The van der Waals surface area contributed by atoms with Gasteiger partial charge in [0.05, 0.1) is 24.7 Å². The van der Waals surface area contributed by atoms with Gasteiger partial charge in [-0.2, -0.15) is 0 Å². The highest BCUT2D eigenvalue weighted by Crippen LogP contribution is 2.27. The second-order valence-corrected chi connectivity index (χ2v) is 5.92. The number of imide groups is 1. The van der Waals surface area contributed by atoms with Gasteiger partial charge in [-0.1, -0.05) is 6.07 Å². The fourth-order valence-corrected chi connectivity index (χ4v) is 2.79. The lowest BCUT2D eigenvalue weighted by Gasteiger charge is -2.09. The van der Waals surface area contributed by atoms with Gasteiger partial charge in [0.1, 0.15) is 11.5 Å². The molecule has 0 unspecified atom stereocenters. The number of carbonyl (C=O) groups excluding carboxylic acids is 3. The van der Waals surface area contributed by atoms with Crippen LogP contribution in [0.25, 0.3) is 0 Å². The molecule has 26 heavy (non-hydrogen) atoms. The fraction of sp³-hybridized carbons (Fsp3) is 0.211. The van der Waals surface area contributed by atoms with Gasteiger partial charge in [0, 0.05) is 18.8 Å². The molecule has 0 saturated heterocycles. The van der Waals surface area contributed by atoms with Gasteiger partial charge in [-0.15, -0.1) is 0 Å². The summed E-state index contributed by atoms with van der Waals surface area (Å²) in [4.78, 5) is 37.0. The Morgan fingerprint density at radius 1 is 1.08 bits per heavy atom. The molecule has 7 nitrogen and oxygen atoms in total. The predicted octanol–water partition coefficient (Wildman–Crippen LogP) is 2.04. The van der Waals surface area contributed by atoms with E-state index < -0.39 is 11.9 Å². The highest BCUT2D eigenvalue weighted by molar-refractivity contribution is 6.21. The van der Waals surface area contributed by atoms with Gasteiger partial charge in [0.2, 0.25) is 0 Å². The Morgan fingerprint density at radius 3 is 2.54 bits per heavy atom. The first-order valence-corrected chi connectivity index (χ1v) is 8.00. The Bertz CT molecular complexity index is 907. The lowest BCUT2D eigenvalue weighted by atomic mass is 10.1. The molecule has 2 aromatic carbocycles. The summed E-state index contributed by atoms with van der Waals surface area (Å²) in [6.07, 6.45) is 0.553. The van der Waals surface area contributed by atoms with E-state index in [1.54, 1.807) is 18.2 Å². The molecule has 0 fully saturated rings. The number of aryl methyl sites for hydroxylation is 1. The molecule has 1 heterocycles. The first kappa shape index (κ1) is 17.5. The highest BCUT2D eigenvalue weighted by Gasteiger charge is 2.33. The molecular weight excluding hydrogens is 336 g/mol. The van der Waals surface area contributed by atoms with Gasteiger partial charge in [0.15, 0.2) is 0 Å². The summed E-state index contributed by atoms with van der Waals surface area (Å²) < 4.78 is 10.5. The largest absolute Gasteiger partial charge is 0.496 e. The van der Waals surface area contributed by atoms with Crippen molar-refractivity contribution in [2.75, 3.05) is 19.9 Å². The number of fused-ring (bicyclic) bond motifs is 1. The normalized spacial score (nSPS) is 12.9. The lowest BCUT2D eigenvalue weighted by Crippen LogP contribution is -2.24. The van der Waals surface area contributed by atoms with Crippen LogP contribution >= 0.6 is 0 Å². The molecule has 0 spiro atoms. The molecule has 0 atom stereocenters. The standard InChI is InChI=1S/C19H18N2O5/c1-21-18(23)14-7-6-13(10-15(14)19(21)24)26-17(22)8-4-11-3-5-12(20)9-16(11)25-2/h3,5-7,9-10H,4,8,20H2,1-2H3. The number of nitrogen functional groups attached to an aromatic ring is 1. The van der Waals surface area contributed by atoms with Crippen LogP contribution in [0.2, 0.25) is 0 Å². The summed E-state index contributed by atoms with van der Waals surface area (Å²) in [6.45, 7) is 0. The Hall–Kier alpha value is -3.35. The monoisotopic (exact) mass is 354 g/mol. The number of rotatable bonds is 5. The van der Waals surface area contributed by atoms with E-state index in [2.05, 4.69) is 0 Å². The zero-order valence-corrected chi connectivity index (χ0v) is 14.4. The van der Waals surface area contributed by atoms with Crippen molar-refractivity contribution >= 4 is 23.5 Å². The Morgan fingerprint density at radius 2 is 1.81 bits per heavy atom. The summed E-state index contributed by atoms with van der Waals surface area (Å²) in [5, 5.41) is 0. The van der Waals surface area contributed by atoms with Crippen LogP contribution in [0.1, 0.15) is 32.7 Å². The molecule has 134 valence electrons. The molecular formula is C19H18N2O5. The number of benzene rings is 2. The van der Waals surface area contributed by atoms with Crippen LogP contribution < -0.4 is 15.2 Å². The molecule has 0 aromatic heterocycles. The molecule has 0 saturated carbocycles.